The number of hydrogen-bond donors (Lipinski definition) is 1. The van der Waals surface area contributed by atoms with E-state index in [1.165, 1.54) is 5.56 Å². The summed E-state index contributed by atoms with van der Waals surface area (Å²) in [5.74, 6) is 2.10. The van der Waals surface area contributed by atoms with E-state index >= 15 is 0 Å². The highest BCUT2D eigenvalue weighted by molar-refractivity contribution is 6.36. The van der Waals surface area contributed by atoms with Crippen molar-refractivity contribution in [3.8, 4) is 11.5 Å². The number of carbonyl (C=O) groups excluding carboxylic acids is 1. The third kappa shape index (κ3) is 3.14. The number of amidine groups is 1. The summed E-state index contributed by atoms with van der Waals surface area (Å²) >= 11 is 0. The highest BCUT2D eigenvalue weighted by Gasteiger charge is 2.43. The van der Waals surface area contributed by atoms with Gasteiger partial charge < -0.3 is 19.7 Å². The molecule has 0 amide bonds. The van der Waals surface area contributed by atoms with Gasteiger partial charge in [-0.25, -0.2) is 0 Å². The first-order valence-corrected chi connectivity index (χ1v) is 9.73. The zero-order valence-electron chi connectivity index (χ0n) is 17.2. The first kappa shape index (κ1) is 19.1. The Morgan fingerprint density at radius 3 is 2.41 bits per heavy atom. The number of ketones is 1. The van der Waals surface area contributed by atoms with E-state index in [0.717, 1.165) is 17.1 Å². The third-order valence-electron chi connectivity index (χ3n) is 5.50. The lowest BCUT2D eigenvalue weighted by Gasteiger charge is -2.25. The van der Waals surface area contributed by atoms with Gasteiger partial charge in [-0.1, -0.05) is 25.1 Å². The van der Waals surface area contributed by atoms with Crippen LogP contribution in [0.4, 0.5) is 11.4 Å². The molecule has 0 aliphatic carbocycles. The molecule has 0 saturated carbocycles. The molecule has 0 radical (unpaired) electrons. The van der Waals surface area contributed by atoms with Crippen molar-refractivity contribution in [1.29, 1.82) is 0 Å². The van der Waals surface area contributed by atoms with Crippen LogP contribution in [0.2, 0.25) is 0 Å². The Kier molecular flexibility index (Phi) is 5.01. The van der Waals surface area contributed by atoms with Crippen molar-refractivity contribution in [2.24, 2.45) is 4.99 Å². The summed E-state index contributed by atoms with van der Waals surface area (Å²) in [5.41, 5.74) is 4.64. The van der Waals surface area contributed by atoms with Gasteiger partial charge in [-0.2, -0.15) is 0 Å². The number of carbonyl (C=O) groups is 1. The summed E-state index contributed by atoms with van der Waals surface area (Å²) in [6, 6.07) is 13.4. The Hall–Kier alpha value is -3.28. The molecule has 6 heteroatoms. The monoisotopic (exact) mass is 391 g/mol. The molecule has 2 aromatic rings. The molecular weight excluding hydrogens is 366 g/mol. The molecule has 2 aromatic carbocycles. The third-order valence-corrected chi connectivity index (χ3v) is 5.50. The fourth-order valence-corrected chi connectivity index (χ4v) is 4.11. The van der Waals surface area contributed by atoms with Crippen LogP contribution in [0.25, 0.3) is 0 Å². The Morgan fingerprint density at radius 1 is 1.14 bits per heavy atom. The van der Waals surface area contributed by atoms with Gasteiger partial charge in [0.25, 0.3) is 0 Å². The van der Waals surface area contributed by atoms with Gasteiger partial charge in [-0.05, 0) is 18.1 Å². The van der Waals surface area contributed by atoms with Crippen molar-refractivity contribution in [2.45, 2.75) is 25.8 Å². The van der Waals surface area contributed by atoms with Crippen LogP contribution in [0.3, 0.4) is 0 Å². The number of aliphatic imine (C=N–C) groups is 1. The second-order valence-electron chi connectivity index (χ2n) is 7.09. The number of fused-ring (bicyclic) bond motifs is 1. The number of methoxy groups -OCH3 is 2. The lowest BCUT2D eigenvalue weighted by atomic mass is 10.0. The number of ether oxygens (including phenoxy) is 2. The van der Waals surface area contributed by atoms with Gasteiger partial charge in [0, 0.05) is 43.1 Å². The van der Waals surface area contributed by atoms with Gasteiger partial charge in [0.2, 0.25) is 0 Å². The highest BCUT2D eigenvalue weighted by Crippen LogP contribution is 2.38. The summed E-state index contributed by atoms with van der Waals surface area (Å²) < 4.78 is 10.9. The molecule has 0 bridgehead atoms. The molecule has 2 heterocycles. The summed E-state index contributed by atoms with van der Waals surface area (Å²) in [6.07, 6.45) is 1.36. The predicted molar refractivity (Wildman–Crippen MR) is 115 cm³/mol. The normalized spacial score (nSPS) is 22.1. The number of benzene rings is 2. The molecule has 1 N–H and O–H groups in total. The molecule has 6 nitrogen and oxygen atoms in total. The quantitative estimate of drug-likeness (QED) is 0.803. The molecule has 1 unspecified atom stereocenters. The van der Waals surface area contributed by atoms with E-state index in [4.69, 9.17) is 9.47 Å². The number of nitrogens with zero attached hydrogens (tertiary/aromatic N) is 2. The first-order chi connectivity index (χ1) is 14.1. The molecule has 0 spiro atoms. The van der Waals surface area contributed by atoms with E-state index in [1.807, 2.05) is 48.2 Å². The summed E-state index contributed by atoms with van der Waals surface area (Å²) in [7, 11) is 4.97. The largest absolute Gasteiger partial charge is 0.497 e. The molecule has 1 atom stereocenters. The van der Waals surface area contributed by atoms with E-state index in [9.17, 15) is 4.79 Å². The second-order valence-corrected chi connectivity index (χ2v) is 7.09. The van der Waals surface area contributed by atoms with Crippen molar-refractivity contribution < 1.29 is 14.3 Å². The maximum Gasteiger partial charge on any atom is 0.191 e. The van der Waals surface area contributed by atoms with Crippen LogP contribution in [0, 0.1) is 0 Å². The van der Waals surface area contributed by atoms with Crippen molar-refractivity contribution in [1.82, 2.24) is 0 Å². The Bertz CT molecular complexity index is 977. The lowest BCUT2D eigenvalue weighted by Crippen LogP contribution is -2.35. The summed E-state index contributed by atoms with van der Waals surface area (Å²) in [6.45, 7) is 2.02. The maximum atomic E-state index is 13.5. The predicted octanol–water partition coefficient (Wildman–Crippen LogP) is 3.82. The van der Waals surface area contributed by atoms with Gasteiger partial charge in [-0.15, -0.1) is 0 Å². The molecule has 29 heavy (non-hydrogen) atoms. The Morgan fingerprint density at radius 2 is 1.83 bits per heavy atom. The van der Waals surface area contributed by atoms with Crippen LogP contribution in [0.5, 0.6) is 11.5 Å². The smallest absolute Gasteiger partial charge is 0.191 e. The minimum Gasteiger partial charge on any atom is -0.497 e. The zero-order valence-corrected chi connectivity index (χ0v) is 17.2. The number of allylic oxidation sites excluding steroid dienone is 1. The summed E-state index contributed by atoms with van der Waals surface area (Å²) in [5, 5.41) is 3.43. The van der Waals surface area contributed by atoms with Gasteiger partial charge in [0.15, 0.2) is 5.78 Å². The van der Waals surface area contributed by atoms with E-state index in [1.54, 1.807) is 21.3 Å². The number of Topliss-reactive ketones (excluding diaryl/α,β-unsaturated/α-hetero) is 1. The minimum absolute atomic E-state index is 0.0881. The molecule has 2 aliphatic heterocycles. The Labute approximate surface area is 170 Å². The van der Waals surface area contributed by atoms with Gasteiger partial charge in [0.05, 0.1) is 31.5 Å². The average Bonchev–Trinajstić information content (AvgIpc) is 3.30. The summed E-state index contributed by atoms with van der Waals surface area (Å²) in [4.78, 5) is 20.0. The van der Waals surface area contributed by atoms with Crippen molar-refractivity contribution >= 4 is 23.0 Å². The molecule has 4 rings (SSSR count). The fraction of sp³-hybridized carbons (Fsp3) is 0.304. The standard InChI is InChI=1S/C23H25N3O3/c1-5-20-22(27)21(19-10-14-8-6-7-9-18(14)25-19)23(24-2)26(20)15-11-16(28-3)13-17(12-15)29-4/h6-9,11-13,20,25H,5,10H2,1-4H3. The number of nitrogens with one attached hydrogen (secondary N) is 1. The minimum atomic E-state index is -0.321. The van der Waals surface area contributed by atoms with E-state index in [0.29, 0.717) is 35.7 Å². The van der Waals surface area contributed by atoms with Crippen LogP contribution in [0.15, 0.2) is 58.7 Å². The first-order valence-electron chi connectivity index (χ1n) is 9.73. The maximum absolute atomic E-state index is 13.5. The second kappa shape index (κ2) is 7.62. The molecule has 0 aromatic heterocycles. The van der Waals surface area contributed by atoms with Crippen molar-refractivity contribution in [3.05, 3.63) is 59.3 Å². The van der Waals surface area contributed by atoms with Gasteiger partial charge in [-0.3, -0.25) is 9.79 Å². The SMILES string of the molecule is CCC1C(=O)C(=C2Cc3ccccc3N2)C(=NC)N1c1cc(OC)cc(OC)c1. The van der Waals surface area contributed by atoms with Gasteiger partial charge in [0.1, 0.15) is 17.3 Å². The lowest BCUT2D eigenvalue weighted by molar-refractivity contribution is -0.115. The van der Waals surface area contributed by atoms with Crippen LogP contribution in [-0.4, -0.2) is 38.9 Å². The average molecular weight is 391 g/mol. The van der Waals surface area contributed by atoms with Crippen molar-refractivity contribution in [2.75, 3.05) is 31.5 Å². The Balaban J connectivity index is 1.83. The van der Waals surface area contributed by atoms with Gasteiger partial charge >= 0.3 is 0 Å². The van der Waals surface area contributed by atoms with E-state index < -0.39 is 0 Å². The number of hydrogen-bond acceptors (Lipinski definition) is 5. The van der Waals surface area contributed by atoms with E-state index in [-0.39, 0.29) is 11.8 Å². The van der Waals surface area contributed by atoms with E-state index in [2.05, 4.69) is 16.4 Å². The molecule has 1 fully saturated rings. The molecule has 150 valence electrons. The number of anilines is 2. The molecule has 1 saturated heterocycles. The fourth-order valence-electron chi connectivity index (χ4n) is 4.11. The molecular formula is C23H25N3O3. The van der Waals surface area contributed by atoms with Crippen molar-refractivity contribution in [3.63, 3.8) is 0 Å². The van der Waals surface area contributed by atoms with Crippen LogP contribution < -0.4 is 19.7 Å². The van der Waals surface area contributed by atoms with Crippen LogP contribution in [-0.2, 0) is 11.2 Å². The molecule has 2 aliphatic rings. The van der Waals surface area contributed by atoms with Crippen LogP contribution >= 0.6 is 0 Å². The highest BCUT2D eigenvalue weighted by atomic mass is 16.5. The topological polar surface area (TPSA) is 63.2 Å². The number of rotatable bonds is 4. The number of para-hydroxylation sites is 1. The van der Waals surface area contributed by atoms with Crippen LogP contribution in [0.1, 0.15) is 18.9 Å². The zero-order chi connectivity index (χ0) is 20.5.